The Bertz CT molecular complexity index is 534. The summed E-state index contributed by atoms with van der Waals surface area (Å²) in [6.45, 7) is 0. The van der Waals surface area contributed by atoms with E-state index in [4.69, 9.17) is 0 Å². The number of rotatable bonds is 1. The van der Waals surface area contributed by atoms with Gasteiger partial charge < -0.3 is 9.84 Å². The van der Waals surface area contributed by atoms with Crippen molar-refractivity contribution in [3.8, 4) is 0 Å². The molecule has 0 spiro atoms. The predicted molar refractivity (Wildman–Crippen MR) is 61.1 cm³/mol. The Morgan fingerprint density at radius 1 is 1.28 bits per heavy atom. The Labute approximate surface area is 103 Å². The molecule has 0 amide bonds. The molecule has 0 aromatic heterocycles. The highest BCUT2D eigenvalue weighted by atomic mass is 16.5. The highest BCUT2D eigenvalue weighted by Gasteiger charge is 2.53. The van der Waals surface area contributed by atoms with Crippen molar-refractivity contribution in [3.05, 3.63) is 35.4 Å². The number of ketones is 2. The van der Waals surface area contributed by atoms with Gasteiger partial charge in [0.25, 0.3) is 5.60 Å². The van der Waals surface area contributed by atoms with Gasteiger partial charge in [0.15, 0.2) is 5.78 Å². The van der Waals surface area contributed by atoms with Crippen LogP contribution in [0.15, 0.2) is 24.3 Å². The molecule has 5 heteroatoms. The minimum atomic E-state index is -2.71. The van der Waals surface area contributed by atoms with Gasteiger partial charge in [-0.05, 0) is 12.0 Å². The summed E-state index contributed by atoms with van der Waals surface area (Å²) < 4.78 is 4.37. The first-order valence-corrected chi connectivity index (χ1v) is 5.48. The molecular weight excluding hydrogens is 236 g/mol. The second-order valence-corrected chi connectivity index (χ2v) is 4.11. The van der Waals surface area contributed by atoms with E-state index in [1.165, 1.54) is 6.07 Å². The van der Waals surface area contributed by atoms with Crippen LogP contribution in [0.5, 0.6) is 0 Å². The molecule has 1 aromatic rings. The summed E-state index contributed by atoms with van der Waals surface area (Å²) in [6, 6.07) is 6.54. The van der Waals surface area contributed by atoms with Gasteiger partial charge >= 0.3 is 5.97 Å². The number of methoxy groups -OCH3 is 1. The lowest BCUT2D eigenvalue weighted by atomic mass is 9.89. The van der Waals surface area contributed by atoms with Crippen molar-refractivity contribution >= 4 is 17.5 Å². The number of aryl methyl sites for hydroxylation is 1. The first kappa shape index (κ1) is 12.4. The van der Waals surface area contributed by atoms with Gasteiger partial charge in [0.05, 0.1) is 7.11 Å². The van der Waals surface area contributed by atoms with Crippen molar-refractivity contribution in [2.45, 2.75) is 18.4 Å². The van der Waals surface area contributed by atoms with E-state index >= 15 is 0 Å². The van der Waals surface area contributed by atoms with Gasteiger partial charge in [-0.15, -0.1) is 0 Å². The molecule has 94 valence electrons. The molecule has 1 atom stereocenters. The Kier molecular flexibility index (Phi) is 3.00. The third-order valence-corrected chi connectivity index (χ3v) is 3.10. The molecule has 1 N–H and O–H groups in total. The lowest BCUT2D eigenvalue weighted by molar-refractivity contribution is -0.162. The number of aliphatic hydroxyl groups is 1. The first-order chi connectivity index (χ1) is 8.51. The third kappa shape index (κ3) is 1.64. The van der Waals surface area contributed by atoms with Crippen LogP contribution in [0.4, 0.5) is 0 Å². The summed E-state index contributed by atoms with van der Waals surface area (Å²) in [5, 5.41) is 10.1. The number of fused-ring (bicyclic) bond motifs is 1. The first-order valence-electron chi connectivity index (χ1n) is 5.48. The van der Waals surface area contributed by atoms with E-state index in [9.17, 15) is 19.5 Å². The van der Waals surface area contributed by atoms with E-state index in [0.29, 0.717) is 12.0 Å². The lowest BCUT2D eigenvalue weighted by Gasteiger charge is -2.20. The van der Waals surface area contributed by atoms with Crippen molar-refractivity contribution < 1.29 is 24.2 Å². The van der Waals surface area contributed by atoms with Gasteiger partial charge in [0.1, 0.15) is 0 Å². The maximum Gasteiger partial charge on any atom is 0.354 e. The van der Waals surface area contributed by atoms with E-state index in [2.05, 4.69) is 4.74 Å². The number of carbonyl (C=O) groups is 3. The molecule has 0 fully saturated rings. The molecule has 0 saturated carbocycles. The smallest absolute Gasteiger partial charge is 0.354 e. The predicted octanol–water partition coefficient (Wildman–Crippen LogP) is 0.289. The number of esters is 1. The average Bonchev–Trinajstić information content (AvgIpc) is 2.50. The van der Waals surface area contributed by atoms with Crippen LogP contribution >= 0.6 is 0 Å². The van der Waals surface area contributed by atoms with E-state index in [1.54, 1.807) is 18.2 Å². The Morgan fingerprint density at radius 3 is 2.61 bits per heavy atom. The molecule has 1 aliphatic rings. The van der Waals surface area contributed by atoms with Gasteiger partial charge in [-0.3, -0.25) is 9.59 Å². The third-order valence-electron chi connectivity index (χ3n) is 3.10. The fourth-order valence-electron chi connectivity index (χ4n) is 2.06. The minimum Gasteiger partial charge on any atom is -0.466 e. The number of ether oxygens (including phenoxy) is 1. The lowest BCUT2D eigenvalue weighted by Crippen LogP contribution is -2.53. The Hall–Kier alpha value is -2.01. The molecule has 5 nitrogen and oxygen atoms in total. The number of benzene rings is 1. The molecule has 0 radical (unpaired) electrons. The summed E-state index contributed by atoms with van der Waals surface area (Å²) in [7, 11) is 1.03. The summed E-state index contributed by atoms with van der Waals surface area (Å²) >= 11 is 0. The van der Waals surface area contributed by atoms with Gasteiger partial charge in [0, 0.05) is 12.0 Å². The fourth-order valence-corrected chi connectivity index (χ4v) is 2.06. The van der Waals surface area contributed by atoms with E-state index in [1.807, 2.05) is 0 Å². The van der Waals surface area contributed by atoms with Crippen LogP contribution < -0.4 is 0 Å². The zero-order valence-electron chi connectivity index (χ0n) is 9.80. The SMILES string of the molecule is COC(=O)C1(O)C(=O)CCc2ccccc2C1=O. The highest BCUT2D eigenvalue weighted by molar-refractivity contribution is 6.31. The highest BCUT2D eigenvalue weighted by Crippen LogP contribution is 2.26. The van der Waals surface area contributed by atoms with Crippen molar-refractivity contribution in [2.24, 2.45) is 0 Å². The molecule has 0 bridgehead atoms. The maximum atomic E-state index is 12.2. The fraction of sp³-hybridized carbons (Fsp3) is 0.308. The minimum absolute atomic E-state index is 0.0750. The van der Waals surface area contributed by atoms with Crippen molar-refractivity contribution in [3.63, 3.8) is 0 Å². The molecular formula is C13H12O5. The molecule has 0 heterocycles. The second-order valence-electron chi connectivity index (χ2n) is 4.11. The van der Waals surface area contributed by atoms with Crippen molar-refractivity contribution in [1.29, 1.82) is 0 Å². The number of hydrogen-bond acceptors (Lipinski definition) is 5. The van der Waals surface area contributed by atoms with Gasteiger partial charge in [0.2, 0.25) is 5.78 Å². The monoisotopic (exact) mass is 248 g/mol. The van der Waals surface area contributed by atoms with Crippen LogP contribution in [0.3, 0.4) is 0 Å². The van der Waals surface area contributed by atoms with Gasteiger partial charge in [-0.25, -0.2) is 4.79 Å². The van der Waals surface area contributed by atoms with Gasteiger partial charge in [-0.2, -0.15) is 0 Å². The number of Topliss-reactive ketones (excluding diaryl/α,β-unsaturated/α-hetero) is 2. The van der Waals surface area contributed by atoms with Crippen LogP contribution in [-0.2, 0) is 20.7 Å². The quantitative estimate of drug-likeness (QED) is 0.439. The van der Waals surface area contributed by atoms with Crippen molar-refractivity contribution in [2.75, 3.05) is 7.11 Å². The van der Waals surface area contributed by atoms with Crippen LogP contribution in [0.25, 0.3) is 0 Å². The molecule has 1 aliphatic carbocycles. The molecule has 1 unspecified atom stereocenters. The summed E-state index contributed by atoms with van der Waals surface area (Å²) in [4.78, 5) is 35.6. The Balaban J connectivity index is 2.59. The van der Waals surface area contributed by atoms with Gasteiger partial charge in [-0.1, -0.05) is 24.3 Å². The molecule has 1 aromatic carbocycles. The molecule has 18 heavy (non-hydrogen) atoms. The summed E-state index contributed by atoms with van der Waals surface area (Å²) in [5.74, 6) is -2.96. The van der Waals surface area contributed by atoms with E-state index < -0.39 is 23.1 Å². The zero-order valence-corrected chi connectivity index (χ0v) is 9.80. The van der Waals surface area contributed by atoms with Crippen molar-refractivity contribution in [1.82, 2.24) is 0 Å². The normalized spacial score (nSPS) is 23.2. The average molecular weight is 248 g/mol. The second kappa shape index (κ2) is 4.34. The van der Waals surface area contributed by atoms with E-state index in [0.717, 1.165) is 7.11 Å². The van der Waals surface area contributed by atoms with Crippen LogP contribution in [0, 0.1) is 0 Å². The molecule has 0 aliphatic heterocycles. The summed E-state index contributed by atoms with van der Waals surface area (Å²) in [5.41, 5.74) is -1.87. The Morgan fingerprint density at radius 2 is 1.94 bits per heavy atom. The van der Waals surface area contributed by atoms with E-state index in [-0.39, 0.29) is 12.0 Å². The van der Waals surface area contributed by atoms with Crippen LogP contribution in [-0.4, -0.2) is 35.4 Å². The maximum absolute atomic E-state index is 12.2. The van der Waals surface area contributed by atoms with Crippen LogP contribution in [0.2, 0.25) is 0 Å². The molecule has 2 rings (SSSR count). The largest absolute Gasteiger partial charge is 0.466 e. The topological polar surface area (TPSA) is 80.7 Å². The standard InChI is InChI=1S/C13H12O5/c1-18-12(16)13(17)10(14)7-6-8-4-2-3-5-9(8)11(13)15/h2-5,17H,6-7H2,1H3. The zero-order chi connectivity index (χ0) is 13.3. The number of carbonyl (C=O) groups excluding carboxylic acids is 3. The molecule has 0 saturated heterocycles. The summed E-state index contributed by atoms with van der Waals surface area (Å²) in [6.07, 6.45) is 0.244. The van der Waals surface area contributed by atoms with Crippen LogP contribution in [0.1, 0.15) is 22.3 Å². The number of hydrogen-bond donors (Lipinski definition) is 1.